The molecule has 2 aliphatic rings. The predicted molar refractivity (Wildman–Crippen MR) is 196 cm³/mol. The number of halogens is 15. The number of hydrogen-bond acceptors (Lipinski definition) is 7. The fraction of sp³-hybridized carbons (Fsp3) is 0.114. The molecule has 0 atom stereocenters. The lowest BCUT2D eigenvalue weighted by Gasteiger charge is -2.21. The van der Waals surface area contributed by atoms with Crippen molar-refractivity contribution in [3.05, 3.63) is 139 Å². The molecule has 326 valence electrons. The highest BCUT2D eigenvalue weighted by Crippen LogP contribution is 2.61. The summed E-state index contributed by atoms with van der Waals surface area (Å²) in [6, 6.07) is 11.3. The van der Waals surface area contributed by atoms with E-state index in [1.165, 1.54) is 42.5 Å². The fourth-order valence-electron chi connectivity index (χ4n) is 7.50. The molecule has 0 heterocycles. The van der Waals surface area contributed by atoms with E-state index < -0.39 is 153 Å². The van der Waals surface area contributed by atoms with Crippen LogP contribution >= 0.6 is 0 Å². The van der Waals surface area contributed by atoms with Crippen LogP contribution in [0.5, 0.6) is 0 Å². The zero-order chi connectivity index (χ0) is 49.2. The van der Waals surface area contributed by atoms with E-state index in [1.54, 1.807) is 0 Å². The molecule has 0 saturated heterocycles. The number of allylic oxidation sites excluding steroid dienone is 8. The minimum atomic E-state index is -5.58. The van der Waals surface area contributed by atoms with Gasteiger partial charge in [0.05, 0.1) is 44.5 Å². The molecule has 4 aromatic rings. The molecule has 7 nitrogen and oxygen atoms in total. The largest absolute Gasteiger partial charge is 0.416 e. The van der Waals surface area contributed by atoms with Gasteiger partial charge in [-0.15, -0.1) is 0 Å². The lowest BCUT2D eigenvalue weighted by atomic mass is 9.79. The summed E-state index contributed by atoms with van der Waals surface area (Å²) in [5.41, 5.74) is -27.5. The first-order valence-corrected chi connectivity index (χ1v) is 17.4. The van der Waals surface area contributed by atoms with Crippen LogP contribution in [0.4, 0.5) is 65.9 Å². The molecule has 0 fully saturated rings. The Kier molecular flexibility index (Phi) is 11.2. The molecule has 0 unspecified atom stereocenters. The quantitative estimate of drug-likeness (QED) is 0.146. The van der Waals surface area contributed by atoms with Gasteiger partial charge in [0.2, 0.25) is 0 Å². The molecule has 0 amide bonds. The number of rotatable bonds is 3. The van der Waals surface area contributed by atoms with Gasteiger partial charge in [-0.25, -0.2) is 0 Å². The fourth-order valence-corrected chi connectivity index (χ4v) is 7.50. The van der Waals surface area contributed by atoms with Gasteiger partial charge in [0.25, 0.3) is 0 Å². The Balaban J connectivity index is 1.99. The van der Waals surface area contributed by atoms with Crippen LogP contribution in [-0.4, -0.2) is 0 Å². The average Bonchev–Trinajstić information content (AvgIpc) is 3.75. The molecular formula is C44H10F15N7. The van der Waals surface area contributed by atoms with E-state index in [2.05, 4.69) is 0 Å². The second-order valence-corrected chi connectivity index (χ2v) is 13.7. The van der Waals surface area contributed by atoms with Crippen LogP contribution in [-0.2, 0) is 30.9 Å². The molecule has 0 bridgehead atoms. The van der Waals surface area contributed by atoms with Crippen LogP contribution in [0.3, 0.4) is 0 Å². The normalized spacial score (nSPS) is 13.7. The highest BCUT2D eigenvalue weighted by Gasteiger charge is 2.46. The molecule has 0 saturated carbocycles. The Labute approximate surface area is 358 Å². The van der Waals surface area contributed by atoms with Crippen molar-refractivity contribution in [2.75, 3.05) is 0 Å². The van der Waals surface area contributed by atoms with Gasteiger partial charge in [-0.2, -0.15) is 103 Å². The summed E-state index contributed by atoms with van der Waals surface area (Å²) in [5.74, 6) is 0. The Morgan fingerprint density at radius 1 is 0.333 bits per heavy atom. The molecule has 0 N–H and O–H groups in total. The van der Waals surface area contributed by atoms with Crippen molar-refractivity contribution < 1.29 is 65.9 Å². The summed E-state index contributed by atoms with van der Waals surface area (Å²) in [6.07, 6.45) is -27.4. The van der Waals surface area contributed by atoms with E-state index in [0.717, 1.165) is 0 Å². The Hall–Kier alpha value is -8.78. The van der Waals surface area contributed by atoms with Crippen molar-refractivity contribution in [2.24, 2.45) is 0 Å². The van der Waals surface area contributed by atoms with Crippen LogP contribution in [0, 0.1) is 79.3 Å². The van der Waals surface area contributed by atoms with E-state index in [1.807, 2.05) is 0 Å². The van der Waals surface area contributed by atoms with E-state index in [4.69, 9.17) is 0 Å². The first-order chi connectivity index (χ1) is 30.6. The maximum absolute atomic E-state index is 14.3. The van der Waals surface area contributed by atoms with Gasteiger partial charge in [-0.1, -0.05) is 12.1 Å². The first kappa shape index (κ1) is 46.7. The highest BCUT2D eigenvalue weighted by molar-refractivity contribution is 6.33. The number of benzene rings is 4. The van der Waals surface area contributed by atoms with Crippen LogP contribution in [0.25, 0.3) is 44.6 Å². The van der Waals surface area contributed by atoms with Gasteiger partial charge in [0.15, 0.2) is 0 Å². The van der Waals surface area contributed by atoms with Crippen molar-refractivity contribution in [1.82, 2.24) is 0 Å². The molecule has 0 aromatic heterocycles. The zero-order valence-electron chi connectivity index (χ0n) is 31.6. The lowest BCUT2D eigenvalue weighted by Crippen LogP contribution is -2.12. The molecule has 0 radical (unpaired) electrons. The summed E-state index contributed by atoms with van der Waals surface area (Å²) in [6.45, 7) is 0. The second kappa shape index (κ2) is 15.8. The van der Waals surface area contributed by atoms with Crippen molar-refractivity contribution in [1.29, 1.82) is 36.8 Å². The van der Waals surface area contributed by atoms with E-state index in [-0.39, 0.29) is 36.4 Å². The van der Waals surface area contributed by atoms with Gasteiger partial charge >= 0.3 is 30.9 Å². The highest BCUT2D eigenvalue weighted by atomic mass is 19.4. The Morgan fingerprint density at radius 3 is 0.879 bits per heavy atom. The van der Waals surface area contributed by atoms with Gasteiger partial charge in [0.1, 0.15) is 53.6 Å². The number of alkyl halides is 15. The van der Waals surface area contributed by atoms with Gasteiger partial charge in [0, 0.05) is 44.5 Å². The maximum atomic E-state index is 14.3. The van der Waals surface area contributed by atoms with Gasteiger partial charge in [-0.3, -0.25) is 0 Å². The smallest absolute Gasteiger partial charge is 0.192 e. The van der Waals surface area contributed by atoms with Crippen molar-refractivity contribution in [3.63, 3.8) is 0 Å². The van der Waals surface area contributed by atoms with Crippen LogP contribution < -0.4 is 0 Å². The van der Waals surface area contributed by atoms with Crippen molar-refractivity contribution in [2.45, 2.75) is 30.9 Å². The number of nitriles is 7. The van der Waals surface area contributed by atoms with Crippen molar-refractivity contribution >= 4 is 33.4 Å². The first-order valence-electron chi connectivity index (χ1n) is 17.4. The van der Waals surface area contributed by atoms with E-state index in [9.17, 15) is 103 Å². The third-order valence-corrected chi connectivity index (χ3v) is 10.0. The molecular weight excluding hydrogens is 912 g/mol. The molecule has 6 rings (SSSR count). The molecule has 22 heteroatoms. The summed E-state index contributed by atoms with van der Waals surface area (Å²) in [5, 5.41) is 73.4. The van der Waals surface area contributed by atoms with Crippen LogP contribution in [0.1, 0.15) is 66.8 Å². The molecule has 0 spiro atoms. The molecule has 4 aromatic carbocycles. The summed E-state index contributed by atoms with van der Waals surface area (Å²) < 4.78 is 213. The van der Waals surface area contributed by atoms with E-state index in [0.29, 0.717) is 24.3 Å². The Bertz CT molecular complexity index is 3010. The summed E-state index contributed by atoms with van der Waals surface area (Å²) >= 11 is 0. The lowest BCUT2D eigenvalue weighted by molar-refractivity contribution is -0.144. The minimum Gasteiger partial charge on any atom is -0.192 e. The topological polar surface area (TPSA) is 167 Å². The standard InChI is InChI=1S/C44H10F15N7/c45-40(46,47)23-3-1-18(2-4-23)33-38-34(21(11-60)12-61)31(19-5-24(41(48,49)50)9-25(6-19)42(51,52)53)28(15-64)36(38)30(17-66)37-29(16-65)32(35(39(33)37)22(13-62)14-63)20-7-26(43(54,55)56)10-27(8-20)44(57,58)59/h1-10H. The number of nitrogens with zero attached hydrogens (tertiary/aromatic N) is 7. The third-order valence-electron chi connectivity index (χ3n) is 10.0. The monoisotopic (exact) mass is 921 g/mol. The average molecular weight is 922 g/mol. The second-order valence-electron chi connectivity index (χ2n) is 13.7. The van der Waals surface area contributed by atoms with Crippen molar-refractivity contribution in [3.8, 4) is 53.6 Å². The van der Waals surface area contributed by atoms with Crippen LogP contribution in [0.2, 0.25) is 0 Å². The molecule has 0 aliphatic heterocycles. The summed E-state index contributed by atoms with van der Waals surface area (Å²) in [4.78, 5) is 0. The molecule has 2 aliphatic carbocycles. The SMILES string of the molecule is N#CC(C#N)=C1C(c2cc(C(F)(F)F)cc(C(F)(F)F)c2)=C(C#N)c2c(C#N)c3c(c(-c4ccc(C(F)(F)F)cc4)c21)C(=C(C#N)C#N)C(c1cc(C(F)(F)F)cc(C(F)(F)F)c1)=C3C#N. The van der Waals surface area contributed by atoms with Crippen LogP contribution in [0.15, 0.2) is 71.8 Å². The number of fused-ring (bicyclic) bond motifs is 2. The van der Waals surface area contributed by atoms with E-state index >= 15 is 0 Å². The predicted octanol–water partition coefficient (Wildman–Crippen LogP) is 12.8. The number of hydrogen-bond donors (Lipinski definition) is 0. The van der Waals surface area contributed by atoms with Gasteiger partial charge < -0.3 is 0 Å². The maximum Gasteiger partial charge on any atom is 0.416 e. The third kappa shape index (κ3) is 7.70. The molecule has 66 heavy (non-hydrogen) atoms. The zero-order valence-corrected chi connectivity index (χ0v) is 31.6. The minimum absolute atomic E-state index is 0.0527. The van der Waals surface area contributed by atoms with Gasteiger partial charge in [-0.05, 0) is 70.8 Å². The summed E-state index contributed by atoms with van der Waals surface area (Å²) in [7, 11) is 0. The Morgan fingerprint density at radius 2 is 0.636 bits per heavy atom.